The Balaban J connectivity index is 2.00. The van der Waals surface area contributed by atoms with Crippen LogP contribution in [0.15, 0.2) is 10.9 Å². The third-order valence-corrected chi connectivity index (χ3v) is 4.16. The third kappa shape index (κ3) is 3.10. The molecule has 2 rings (SSSR count). The Labute approximate surface area is 119 Å². The first kappa shape index (κ1) is 14.8. The summed E-state index contributed by atoms with van der Waals surface area (Å²) in [5.74, 6) is -0.272. The Morgan fingerprint density at radius 2 is 2.25 bits per heavy atom. The molecule has 1 aliphatic rings. The van der Waals surface area contributed by atoms with Gasteiger partial charge in [-0.15, -0.1) is 0 Å². The van der Waals surface area contributed by atoms with E-state index in [0.717, 1.165) is 24.2 Å². The highest BCUT2D eigenvalue weighted by atomic mass is 16.2. The maximum absolute atomic E-state index is 12.1. The molecule has 0 unspecified atom stereocenters. The Bertz CT molecular complexity index is 557. The summed E-state index contributed by atoms with van der Waals surface area (Å²) in [5, 5.41) is 6.24. The molecule has 1 atom stereocenters. The fourth-order valence-corrected chi connectivity index (χ4v) is 2.60. The van der Waals surface area contributed by atoms with E-state index in [2.05, 4.69) is 10.6 Å². The molecule has 110 valence electrons. The van der Waals surface area contributed by atoms with Crippen LogP contribution in [-0.2, 0) is 7.05 Å². The molecule has 0 spiro atoms. The van der Waals surface area contributed by atoms with Gasteiger partial charge in [0.15, 0.2) is 0 Å². The highest BCUT2D eigenvalue weighted by molar-refractivity contribution is 5.94. The molecule has 1 aromatic heterocycles. The van der Waals surface area contributed by atoms with Crippen molar-refractivity contribution in [3.63, 3.8) is 0 Å². The van der Waals surface area contributed by atoms with Crippen LogP contribution < -0.4 is 16.2 Å². The van der Waals surface area contributed by atoms with Crippen LogP contribution in [0, 0.1) is 13.8 Å². The molecular formula is C15H23N3O2. The van der Waals surface area contributed by atoms with Crippen molar-refractivity contribution in [1.82, 2.24) is 15.2 Å². The number of nitrogens with zero attached hydrogens (tertiary/aromatic N) is 1. The van der Waals surface area contributed by atoms with Crippen molar-refractivity contribution >= 4 is 5.91 Å². The van der Waals surface area contributed by atoms with Crippen LogP contribution in [0.4, 0.5) is 0 Å². The molecular weight excluding hydrogens is 254 g/mol. The van der Waals surface area contributed by atoms with Crippen LogP contribution in [0.3, 0.4) is 0 Å². The lowest BCUT2D eigenvalue weighted by Gasteiger charge is -2.12. The SMILES string of the molecule is Cc1cc(C(=O)NCC[C@@H]2CCCN2)c(=O)n(C)c1C. The van der Waals surface area contributed by atoms with Gasteiger partial charge < -0.3 is 15.2 Å². The zero-order chi connectivity index (χ0) is 14.7. The van der Waals surface area contributed by atoms with Crippen molar-refractivity contribution in [2.45, 2.75) is 39.2 Å². The fourth-order valence-electron chi connectivity index (χ4n) is 2.60. The minimum absolute atomic E-state index is 0.231. The average molecular weight is 277 g/mol. The summed E-state index contributed by atoms with van der Waals surface area (Å²) in [5.41, 5.74) is 1.84. The van der Waals surface area contributed by atoms with Crippen molar-refractivity contribution in [3.8, 4) is 0 Å². The van der Waals surface area contributed by atoms with E-state index in [0.29, 0.717) is 12.6 Å². The molecule has 1 saturated heterocycles. The van der Waals surface area contributed by atoms with Crippen LogP contribution in [0.5, 0.6) is 0 Å². The summed E-state index contributed by atoms with van der Waals surface area (Å²) in [7, 11) is 1.70. The van der Waals surface area contributed by atoms with Gasteiger partial charge in [-0.25, -0.2) is 0 Å². The van der Waals surface area contributed by atoms with Crippen LogP contribution in [0.25, 0.3) is 0 Å². The van der Waals surface area contributed by atoms with Gasteiger partial charge in [-0.1, -0.05) is 0 Å². The fraction of sp³-hybridized carbons (Fsp3) is 0.600. The van der Waals surface area contributed by atoms with Crippen LogP contribution in [-0.4, -0.2) is 29.6 Å². The van der Waals surface area contributed by atoms with Crippen molar-refractivity contribution < 1.29 is 4.79 Å². The molecule has 2 N–H and O–H groups in total. The van der Waals surface area contributed by atoms with E-state index in [1.165, 1.54) is 17.4 Å². The smallest absolute Gasteiger partial charge is 0.263 e. The van der Waals surface area contributed by atoms with E-state index in [4.69, 9.17) is 0 Å². The number of nitrogens with one attached hydrogen (secondary N) is 2. The van der Waals surface area contributed by atoms with Gasteiger partial charge in [0, 0.05) is 25.3 Å². The predicted molar refractivity (Wildman–Crippen MR) is 79.1 cm³/mol. The van der Waals surface area contributed by atoms with Gasteiger partial charge in [0.05, 0.1) is 0 Å². The van der Waals surface area contributed by atoms with Gasteiger partial charge >= 0.3 is 0 Å². The summed E-state index contributed by atoms with van der Waals surface area (Å²) in [6.07, 6.45) is 3.29. The minimum atomic E-state index is -0.272. The maximum atomic E-state index is 12.1. The molecule has 20 heavy (non-hydrogen) atoms. The highest BCUT2D eigenvalue weighted by Gasteiger charge is 2.16. The monoisotopic (exact) mass is 277 g/mol. The number of carbonyl (C=O) groups is 1. The topological polar surface area (TPSA) is 63.1 Å². The Hall–Kier alpha value is -1.62. The number of hydrogen-bond acceptors (Lipinski definition) is 3. The lowest BCUT2D eigenvalue weighted by molar-refractivity contribution is 0.0950. The van der Waals surface area contributed by atoms with E-state index in [1.807, 2.05) is 13.8 Å². The van der Waals surface area contributed by atoms with Gasteiger partial charge in [0.1, 0.15) is 5.56 Å². The van der Waals surface area contributed by atoms with Crippen LogP contribution in [0.1, 0.15) is 40.9 Å². The minimum Gasteiger partial charge on any atom is -0.352 e. The molecule has 1 aromatic rings. The summed E-state index contributed by atoms with van der Waals surface area (Å²) in [6, 6.07) is 2.18. The predicted octanol–water partition coefficient (Wildman–Crippen LogP) is 0.874. The number of hydrogen-bond donors (Lipinski definition) is 2. The second-order valence-electron chi connectivity index (χ2n) is 5.53. The van der Waals surface area contributed by atoms with Gasteiger partial charge in [0.2, 0.25) is 0 Å². The zero-order valence-electron chi connectivity index (χ0n) is 12.5. The first-order chi connectivity index (χ1) is 9.50. The van der Waals surface area contributed by atoms with Crippen molar-refractivity contribution in [3.05, 3.63) is 33.2 Å². The summed E-state index contributed by atoms with van der Waals surface area (Å²) in [4.78, 5) is 24.2. The van der Waals surface area contributed by atoms with Gasteiger partial charge in [-0.3, -0.25) is 9.59 Å². The van der Waals surface area contributed by atoms with Crippen molar-refractivity contribution in [2.75, 3.05) is 13.1 Å². The van der Waals surface area contributed by atoms with E-state index in [-0.39, 0.29) is 17.0 Å². The molecule has 0 aliphatic carbocycles. The molecule has 1 amide bonds. The molecule has 5 heteroatoms. The third-order valence-electron chi connectivity index (χ3n) is 4.16. The molecule has 0 radical (unpaired) electrons. The molecule has 5 nitrogen and oxygen atoms in total. The summed E-state index contributed by atoms with van der Waals surface area (Å²) in [6.45, 7) is 5.46. The lowest BCUT2D eigenvalue weighted by atomic mass is 10.1. The number of aromatic nitrogens is 1. The highest BCUT2D eigenvalue weighted by Crippen LogP contribution is 2.08. The Kier molecular flexibility index (Phi) is 4.60. The normalized spacial score (nSPS) is 18.2. The van der Waals surface area contributed by atoms with Gasteiger partial charge in [-0.2, -0.15) is 0 Å². The molecule has 0 bridgehead atoms. The Morgan fingerprint density at radius 1 is 1.50 bits per heavy atom. The quantitative estimate of drug-likeness (QED) is 0.858. The number of carbonyl (C=O) groups excluding carboxylic acids is 1. The number of pyridine rings is 1. The molecule has 2 heterocycles. The second-order valence-corrected chi connectivity index (χ2v) is 5.53. The number of aryl methyl sites for hydroxylation is 1. The largest absolute Gasteiger partial charge is 0.352 e. The lowest BCUT2D eigenvalue weighted by Crippen LogP contribution is -2.35. The van der Waals surface area contributed by atoms with Crippen LogP contribution >= 0.6 is 0 Å². The number of amides is 1. The first-order valence-corrected chi connectivity index (χ1v) is 7.19. The summed E-state index contributed by atoms with van der Waals surface area (Å²) < 4.78 is 1.53. The van der Waals surface area contributed by atoms with Gasteiger partial charge in [-0.05, 0) is 51.3 Å². The van der Waals surface area contributed by atoms with E-state index in [9.17, 15) is 9.59 Å². The van der Waals surface area contributed by atoms with Crippen LogP contribution in [0.2, 0.25) is 0 Å². The molecule has 1 fully saturated rings. The molecule has 0 aromatic carbocycles. The molecule has 1 aliphatic heterocycles. The van der Waals surface area contributed by atoms with E-state index in [1.54, 1.807) is 13.1 Å². The zero-order valence-corrected chi connectivity index (χ0v) is 12.5. The average Bonchev–Trinajstić information content (AvgIpc) is 2.93. The van der Waals surface area contributed by atoms with Crippen molar-refractivity contribution in [2.24, 2.45) is 7.05 Å². The standard InChI is InChI=1S/C15H23N3O2/c1-10-9-13(15(20)18(3)11(10)2)14(19)17-8-6-12-5-4-7-16-12/h9,12,16H,4-8H2,1-3H3,(H,17,19)/t12-/m0/s1. The van der Waals surface area contributed by atoms with Crippen molar-refractivity contribution in [1.29, 1.82) is 0 Å². The maximum Gasteiger partial charge on any atom is 0.263 e. The second kappa shape index (κ2) is 6.22. The number of rotatable bonds is 4. The summed E-state index contributed by atoms with van der Waals surface area (Å²) >= 11 is 0. The van der Waals surface area contributed by atoms with Gasteiger partial charge in [0.25, 0.3) is 11.5 Å². The van der Waals surface area contributed by atoms with E-state index >= 15 is 0 Å². The first-order valence-electron chi connectivity index (χ1n) is 7.19. The van der Waals surface area contributed by atoms with E-state index < -0.39 is 0 Å². The molecule has 0 saturated carbocycles. The Morgan fingerprint density at radius 3 is 2.90 bits per heavy atom.